The van der Waals surface area contributed by atoms with Gasteiger partial charge in [0.2, 0.25) is 0 Å². The van der Waals surface area contributed by atoms with Crippen LogP contribution in [0.2, 0.25) is 0 Å². The van der Waals surface area contributed by atoms with E-state index in [9.17, 15) is 13.2 Å². The number of aliphatic carboxylic acids is 1. The van der Waals surface area contributed by atoms with Crippen molar-refractivity contribution in [2.24, 2.45) is 0 Å². The zero-order valence-corrected chi connectivity index (χ0v) is 14.6. The van der Waals surface area contributed by atoms with Crippen LogP contribution in [0.25, 0.3) is 0 Å². The highest BCUT2D eigenvalue weighted by Crippen LogP contribution is 2.16. The molecule has 0 aromatic carbocycles. The van der Waals surface area contributed by atoms with E-state index in [0.29, 0.717) is 6.42 Å². The summed E-state index contributed by atoms with van der Waals surface area (Å²) < 4.78 is 31.1. The van der Waals surface area contributed by atoms with E-state index >= 15 is 0 Å². The number of carbonyl (C=O) groups is 1. The molecular weight excluding hydrogens is 304 g/mol. The summed E-state index contributed by atoms with van der Waals surface area (Å²) in [6.45, 7) is 2.21. The van der Waals surface area contributed by atoms with Gasteiger partial charge in [-0.25, -0.2) is 0 Å². The molecule has 0 aromatic rings. The van der Waals surface area contributed by atoms with Crippen LogP contribution in [0.3, 0.4) is 0 Å². The third-order valence-electron chi connectivity index (χ3n) is 3.95. The Morgan fingerprint density at radius 3 is 1.64 bits per heavy atom. The highest BCUT2D eigenvalue weighted by Gasteiger charge is 2.25. The van der Waals surface area contributed by atoms with Gasteiger partial charge in [0, 0.05) is 0 Å². The summed E-state index contributed by atoms with van der Waals surface area (Å²) in [6, 6.07) is 0. The fourth-order valence-electron chi connectivity index (χ4n) is 2.59. The second-order valence-electron chi connectivity index (χ2n) is 6.06. The van der Waals surface area contributed by atoms with E-state index < -0.39 is 27.8 Å². The van der Waals surface area contributed by atoms with Crippen molar-refractivity contribution in [1.29, 1.82) is 0 Å². The van der Waals surface area contributed by atoms with Gasteiger partial charge in [-0.15, -0.1) is 0 Å². The number of hydrogen-bond acceptors (Lipinski definition) is 3. The molecule has 0 saturated carbocycles. The zero-order valence-electron chi connectivity index (χ0n) is 13.8. The molecule has 22 heavy (non-hydrogen) atoms. The fraction of sp³-hybridized carbons (Fsp3) is 0.938. The highest BCUT2D eigenvalue weighted by molar-refractivity contribution is 7.86. The van der Waals surface area contributed by atoms with Crippen LogP contribution in [0.4, 0.5) is 0 Å². The van der Waals surface area contributed by atoms with E-state index in [2.05, 4.69) is 6.92 Å². The second kappa shape index (κ2) is 12.9. The Balaban J connectivity index is 3.56. The number of rotatable bonds is 15. The SMILES string of the molecule is CCCCCCCCCCCCCC(CC(=O)O)S(=O)(=O)O. The van der Waals surface area contributed by atoms with Gasteiger partial charge in [-0.2, -0.15) is 8.42 Å². The van der Waals surface area contributed by atoms with E-state index in [4.69, 9.17) is 9.66 Å². The van der Waals surface area contributed by atoms with Gasteiger partial charge < -0.3 is 5.11 Å². The lowest BCUT2D eigenvalue weighted by Gasteiger charge is -2.11. The lowest BCUT2D eigenvalue weighted by Crippen LogP contribution is -2.23. The van der Waals surface area contributed by atoms with Crippen molar-refractivity contribution in [2.45, 2.75) is 95.6 Å². The summed E-state index contributed by atoms with van der Waals surface area (Å²) in [5, 5.41) is 7.49. The Kier molecular flexibility index (Phi) is 12.5. The molecular formula is C16H32O5S. The summed E-state index contributed by atoms with van der Waals surface area (Å²) in [6.07, 6.45) is 12.4. The first-order chi connectivity index (χ1) is 10.4. The Morgan fingerprint density at radius 1 is 0.864 bits per heavy atom. The maximum atomic E-state index is 11.1. The Bertz CT molecular complexity index is 378. The molecule has 1 atom stereocenters. The summed E-state index contributed by atoms with van der Waals surface area (Å²) in [7, 11) is -4.25. The molecule has 2 N–H and O–H groups in total. The van der Waals surface area contributed by atoms with Crippen LogP contribution < -0.4 is 0 Å². The van der Waals surface area contributed by atoms with Gasteiger partial charge in [-0.1, -0.05) is 77.6 Å². The number of carboxylic acid groups (broad SMARTS) is 1. The predicted octanol–water partition coefficient (Wildman–Crippen LogP) is 4.42. The maximum absolute atomic E-state index is 11.1. The minimum atomic E-state index is -4.25. The molecule has 0 aliphatic heterocycles. The van der Waals surface area contributed by atoms with Crippen molar-refractivity contribution >= 4 is 16.1 Å². The second-order valence-corrected chi connectivity index (χ2v) is 7.76. The molecule has 0 heterocycles. The fourth-order valence-corrected chi connectivity index (χ4v) is 3.41. The van der Waals surface area contributed by atoms with E-state index in [0.717, 1.165) is 19.3 Å². The van der Waals surface area contributed by atoms with E-state index in [1.807, 2.05) is 0 Å². The van der Waals surface area contributed by atoms with E-state index in [1.165, 1.54) is 44.9 Å². The van der Waals surface area contributed by atoms with Gasteiger partial charge >= 0.3 is 5.97 Å². The molecule has 0 aromatic heterocycles. The van der Waals surface area contributed by atoms with Crippen LogP contribution in [0.15, 0.2) is 0 Å². The Labute approximate surface area is 135 Å². The smallest absolute Gasteiger partial charge is 0.304 e. The molecule has 0 rings (SSSR count). The average Bonchev–Trinajstić information content (AvgIpc) is 2.42. The topological polar surface area (TPSA) is 91.7 Å². The van der Waals surface area contributed by atoms with Gasteiger partial charge in [0.25, 0.3) is 10.1 Å². The van der Waals surface area contributed by atoms with Crippen molar-refractivity contribution in [2.75, 3.05) is 0 Å². The first-order valence-corrected chi connectivity index (χ1v) is 10.1. The van der Waals surface area contributed by atoms with Gasteiger partial charge in [0.15, 0.2) is 0 Å². The normalized spacial score (nSPS) is 13.2. The van der Waals surface area contributed by atoms with Crippen LogP contribution in [-0.2, 0) is 14.9 Å². The lowest BCUT2D eigenvalue weighted by molar-refractivity contribution is -0.137. The van der Waals surface area contributed by atoms with Crippen molar-refractivity contribution < 1.29 is 22.9 Å². The molecule has 1 unspecified atom stereocenters. The first-order valence-electron chi connectivity index (χ1n) is 8.56. The highest BCUT2D eigenvalue weighted by atomic mass is 32.2. The third-order valence-corrected chi connectivity index (χ3v) is 5.20. The van der Waals surface area contributed by atoms with Crippen molar-refractivity contribution in [3.8, 4) is 0 Å². The molecule has 0 aliphatic carbocycles. The summed E-state index contributed by atoms with van der Waals surface area (Å²) in [4.78, 5) is 10.6. The number of unbranched alkanes of at least 4 members (excludes halogenated alkanes) is 10. The van der Waals surface area contributed by atoms with Gasteiger partial charge in [0.1, 0.15) is 0 Å². The van der Waals surface area contributed by atoms with Crippen LogP contribution in [0.5, 0.6) is 0 Å². The lowest BCUT2D eigenvalue weighted by atomic mass is 10.0. The minimum absolute atomic E-state index is 0.224. The third kappa shape index (κ3) is 13.1. The number of carboxylic acids is 1. The standard InChI is InChI=1S/C16H32O5S/c1-2-3-4-5-6-7-8-9-10-11-12-13-15(14-16(17)18)22(19,20)21/h15H,2-14H2,1H3,(H,17,18)(H,19,20,21). The molecule has 5 nitrogen and oxygen atoms in total. The summed E-state index contributed by atoms with van der Waals surface area (Å²) in [5.74, 6) is -1.19. The molecule has 0 amide bonds. The largest absolute Gasteiger partial charge is 0.481 e. The Hall–Kier alpha value is -0.620. The van der Waals surface area contributed by atoms with Crippen LogP contribution in [-0.4, -0.2) is 29.3 Å². The molecule has 0 fully saturated rings. The molecule has 0 aliphatic rings. The maximum Gasteiger partial charge on any atom is 0.304 e. The van der Waals surface area contributed by atoms with Crippen LogP contribution >= 0.6 is 0 Å². The minimum Gasteiger partial charge on any atom is -0.481 e. The molecule has 0 saturated heterocycles. The average molecular weight is 336 g/mol. The monoisotopic (exact) mass is 336 g/mol. The van der Waals surface area contributed by atoms with Gasteiger partial charge in [-0.05, 0) is 6.42 Å². The van der Waals surface area contributed by atoms with Gasteiger partial charge in [0.05, 0.1) is 11.7 Å². The molecule has 0 radical (unpaired) electrons. The van der Waals surface area contributed by atoms with Crippen molar-refractivity contribution in [3.05, 3.63) is 0 Å². The predicted molar refractivity (Wildman–Crippen MR) is 88.7 cm³/mol. The Morgan fingerprint density at radius 2 is 1.27 bits per heavy atom. The van der Waals surface area contributed by atoms with Gasteiger partial charge in [-0.3, -0.25) is 9.35 Å². The van der Waals surface area contributed by atoms with Crippen molar-refractivity contribution in [1.82, 2.24) is 0 Å². The quantitative estimate of drug-likeness (QED) is 0.341. The first kappa shape index (κ1) is 21.4. The number of hydrogen-bond donors (Lipinski definition) is 2. The zero-order chi connectivity index (χ0) is 16.8. The van der Waals surface area contributed by atoms with E-state index in [1.54, 1.807) is 0 Å². The van der Waals surface area contributed by atoms with E-state index in [-0.39, 0.29) is 6.42 Å². The van der Waals surface area contributed by atoms with Crippen LogP contribution in [0.1, 0.15) is 90.4 Å². The molecule has 6 heteroatoms. The molecule has 132 valence electrons. The molecule has 0 bridgehead atoms. The summed E-state index contributed by atoms with van der Waals surface area (Å²) in [5.41, 5.74) is 0. The van der Waals surface area contributed by atoms with Crippen LogP contribution in [0, 0.1) is 0 Å². The van der Waals surface area contributed by atoms with Crippen molar-refractivity contribution in [3.63, 3.8) is 0 Å². The summed E-state index contributed by atoms with van der Waals surface area (Å²) >= 11 is 0. The molecule has 0 spiro atoms.